The lowest BCUT2D eigenvalue weighted by atomic mass is 9.94. The van der Waals surface area contributed by atoms with E-state index in [1.807, 2.05) is 47.4 Å². The number of benzene rings is 2. The highest BCUT2D eigenvalue weighted by Crippen LogP contribution is 2.32. The Hall–Kier alpha value is -3.27. The summed E-state index contributed by atoms with van der Waals surface area (Å²) in [6, 6.07) is 18.2. The van der Waals surface area contributed by atoms with E-state index in [0.29, 0.717) is 24.3 Å². The number of rotatable bonds is 3. The maximum atomic E-state index is 13.5. The molecule has 2 bridgehead atoms. The van der Waals surface area contributed by atoms with Crippen molar-refractivity contribution in [3.63, 3.8) is 0 Å². The highest BCUT2D eigenvalue weighted by Gasteiger charge is 2.25. The quantitative estimate of drug-likeness (QED) is 0.655. The van der Waals surface area contributed by atoms with Gasteiger partial charge in [0.05, 0.1) is 11.8 Å². The molecule has 2 heterocycles. The summed E-state index contributed by atoms with van der Waals surface area (Å²) in [5, 5.41) is 8.59. The molecule has 0 aliphatic carbocycles. The molecule has 134 valence electrons. The predicted octanol–water partition coefficient (Wildman–Crippen LogP) is 4.39. The number of nitrogens with zero attached hydrogens (tertiary/aromatic N) is 3. The smallest absolute Gasteiger partial charge is 0.257 e. The zero-order chi connectivity index (χ0) is 18.6. The van der Waals surface area contributed by atoms with Gasteiger partial charge in [-0.1, -0.05) is 54.6 Å². The van der Waals surface area contributed by atoms with Crippen molar-refractivity contribution in [2.45, 2.75) is 12.8 Å². The van der Waals surface area contributed by atoms with Gasteiger partial charge in [0, 0.05) is 24.2 Å². The molecule has 4 heteroatoms. The van der Waals surface area contributed by atoms with Crippen molar-refractivity contribution in [2.24, 2.45) is 0 Å². The number of aryl methyl sites for hydroxylation is 1. The number of aromatic nitrogens is 2. The Morgan fingerprint density at radius 2 is 1.89 bits per heavy atom. The zero-order valence-corrected chi connectivity index (χ0v) is 15.1. The summed E-state index contributed by atoms with van der Waals surface area (Å²) >= 11 is 0. The first-order chi connectivity index (χ1) is 13.3. The van der Waals surface area contributed by atoms with Crippen LogP contribution in [0.4, 0.5) is 0 Å². The van der Waals surface area contributed by atoms with Crippen LogP contribution in [0.25, 0.3) is 22.4 Å². The molecule has 2 aromatic carbocycles. The van der Waals surface area contributed by atoms with Crippen LogP contribution >= 0.6 is 0 Å². The van der Waals surface area contributed by atoms with Crippen LogP contribution in [-0.2, 0) is 6.42 Å². The summed E-state index contributed by atoms with van der Waals surface area (Å²) in [6.45, 7) is 5.03. The summed E-state index contributed by atoms with van der Waals surface area (Å²) in [7, 11) is 0. The van der Waals surface area contributed by atoms with Crippen LogP contribution in [0.5, 0.6) is 0 Å². The van der Waals surface area contributed by atoms with E-state index in [1.54, 1.807) is 12.3 Å². The van der Waals surface area contributed by atoms with E-state index in [9.17, 15) is 4.79 Å². The largest absolute Gasteiger partial charge is 0.335 e. The minimum atomic E-state index is -0.0223. The van der Waals surface area contributed by atoms with Crippen LogP contribution in [0.1, 0.15) is 22.3 Å². The molecule has 0 unspecified atom stereocenters. The molecule has 1 aliphatic heterocycles. The van der Waals surface area contributed by atoms with Gasteiger partial charge in [0.2, 0.25) is 0 Å². The molecule has 0 spiro atoms. The lowest BCUT2D eigenvalue weighted by Gasteiger charge is -2.25. The van der Waals surface area contributed by atoms with Gasteiger partial charge in [-0.2, -0.15) is 5.10 Å². The molecule has 27 heavy (non-hydrogen) atoms. The van der Waals surface area contributed by atoms with Crippen LogP contribution in [0.2, 0.25) is 0 Å². The SMILES string of the molecule is C=CCN1CCCc2cccc(c2)-c2nncc(-c3ccccc3)c2C1=O. The third-order valence-corrected chi connectivity index (χ3v) is 4.88. The molecular weight excluding hydrogens is 334 g/mol. The topological polar surface area (TPSA) is 46.1 Å². The highest BCUT2D eigenvalue weighted by atomic mass is 16.2. The fraction of sp³-hybridized carbons (Fsp3) is 0.174. The third kappa shape index (κ3) is 3.38. The molecule has 0 saturated heterocycles. The van der Waals surface area contributed by atoms with E-state index >= 15 is 0 Å². The third-order valence-electron chi connectivity index (χ3n) is 4.88. The molecule has 4 rings (SSSR count). The maximum Gasteiger partial charge on any atom is 0.257 e. The average Bonchev–Trinajstić information content (AvgIpc) is 2.72. The number of amides is 1. The minimum absolute atomic E-state index is 0.0223. The van der Waals surface area contributed by atoms with E-state index in [4.69, 9.17) is 0 Å². The van der Waals surface area contributed by atoms with Gasteiger partial charge in [0.1, 0.15) is 5.69 Å². The molecule has 1 aromatic heterocycles. The zero-order valence-electron chi connectivity index (χ0n) is 15.1. The fourth-order valence-corrected chi connectivity index (χ4v) is 3.58. The van der Waals surface area contributed by atoms with E-state index < -0.39 is 0 Å². The van der Waals surface area contributed by atoms with E-state index in [1.165, 1.54) is 5.56 Å². The number of hydrogen-bond donors (Lipinski definition) is 0. The lowest BCUT2D eigenvalue weighted by molar-refractivity contribution is 0.0773. The Bertz CT molecular complexity index is 982. The second-order valence-electron chi connectivity index (χ2n) is 6.69. The van der Waals surface area contributed by atoms with Crippen molar-refractivity contribution in [1.82, 2.24) is 15.1 Å². The summed E-state index contributed by atoms with van der Waals surface area (Å²) in [6.07, 6.45) is 5.31. The molecule has 0 saturated carbocycles. The highest BCUT2D eigenvalue weighted by molar-refractivity contribution is 6.05. The summed E-state index contributed by atoms with van der Waals surface area (Å²) in [5.41, 5.74) is 5.20. The van der Waals surface area contributed by atoms with E-state index in [2.05, 4.69) is 28.9 Å². The van der Waals surface area contributed by atoms with Crippen molar-refractivity contribution in [3.8, 4) is 22.4 Å². The summed E-state index contributed by atoms with van der Waals surface area (Å²) in [4.78, 5) is 15.4. The fourth-order valence-electron chi connectivity index (χ4n) is 3.58. The van der Waals surface area contributed by atoms with Crippen molar-refractivity contribution in [3.05, 3.63) is 84.6 Å². The van der Waals surface area contributed by atoms with Gasteiger partial charge in [0.15, 0.2) is 0 Å². The summed E-state index contributed by atoms with van der Waals surface area (Å²) in [5.74, 6) is -0.0223. The van der Waals surface area contributed by atoms with Gasteiger partial charge in [-0.05, 0) is 30.0 Å². The average molecular weight is 355 g/mol. The van der Waals surface area contributed by atoms with Crippen molar-refractivity contribution in [1.29, 1.82) is 0 Å². The molecule has 0 atom stereocenters. The Morgan fingerprint density at radius 1 is 1.07 bits per heavy atom. The molecule has 3 aromatic rings. The molecule has 1 aliphatic rings. The van der Waals surface area contributed by atoms with Crippen molar-refractivity contribution >= 4 is 5.91 Å². The molecule has 1 amide bonds. The van der Waals surface area contributed by atoms with Crippen LogP contribution in [0.15, 0.2) is 73.4 Å². The second kappa shape index (κ2) is 7.54. The van der Waals surface area contributed by atoms with Crippen LogP contribution in [-0.4, -0.2) is 34.1 Å². The van der Waals surface area contributed by atoms with Crippen LogP contribution in [0, 0.1) is 0 Å². The lowest BCUT2D eigenvalue weighted by Crippen LogP contribution is -2.33. The molecule has 4 nitrogen and oxygen atoms in total. The molecular formula is C23H21N3O. The first-order valence-corrected chi connectivity index (χ1v) is 9.18. The van der Waals surface area contributed by atoms with E-state index in [-0.39, 0.29) is 5.91 Å². The Kier molecular flexibility index (Phi) is 4.79. The number of carbonyl (C=O) groups is 1. The minimum Gasteiger partial charge on any atom is -0.335 e. The Labute approximate surface area is 159 Å². The summed E-state index contributed by atoms with van der Waals surface area (Å²) < 4.78 is 0. The van der Waals surface area contributed by atoms with Crippen molar-refractivity contribution < 1.29 is 4.79 Å². The van der Waals surface area contributed by atoms with Gasteiger partial charge in [-0.25, -0.2) is 0 Å². The predicted molar refractivity (Wildman–Crippen MR) is 107 cm³/mol. The van der Waals surface area contributed by atoms with Crippen LogP contribution in [0.3, 0.4) is 0 Å². The first kappa shape index (κ1) is 17.2. The van der Waals surface area contributed by atoms with Gasteiger partial charge in [0.25, 0.3) is 5.91 Å². The van der Waals surface area contributed by atoms with Gasteiger partial charge < -0.3 is 4.90 Å². The Balaban J connectivity index is 1.98. The standard InChI is InChI=1S/C23H21N3O/c1-2-13-26-14-7-9-17-8-6-12-19(15-17)22-21(23(26)27)20(16-24-25-22)18-10-4-3-5-11-18/h2-6,8,10-12,15-16H,1,7,9,13-14H2. The van der Waals surface area contributed by atoms with Crippen molar-refractivity contribution in [2.75, 3.05) is 13.1 Å². The second-order valence-corrected chi connectivity index (χ2v) is 6.69. The molecule has 0 N–H and O–H groups in total. The van der Waals surface area contributed by atoms with Crippen LogP contribution < -0.4 is 0 Å². The first-order valence-electron chi connectivity index (χ1n) is 9.18. The number of fused-ring (bicyclic) bond motifs is 4. The van der Waals surface area contributed by atoms with Gasteiger partial charge in [-0.15, -0.1) is 11.7 Å². The monoisotopic (exact) mass is 355 g/mol. The maximum absolute atomic E-state index is 13.5. The van der Waals surface area contributed by atoms with Gasteiger partial charge in [-0.3, -0.25) is 4.79 Å². The van der Waals surface area contributed by atoms with E-state index in [0.717, 1.165) is 29.5 Å². The normalized spacial score (nSPS) is 13.8. The molecule has 0 fully saturated rings. The number of hydrogen-bond acceptors (Lipinski definition) is 3. The molecule has 0 radical (unpaired) electrons. The number of carbonyl (C=O) groups excluding carboxylic acids is 1. The Morgan fingerprint density at radius 3 is 2.70 bits per heavy atom. The van der Waals surface area contributed by atoms with Gasteiger partial charge >= 0.3 is 0 Å².